The van der Waals surface area contributed by atoms with Gasteiger partial charge in [-0.05, 0) is 49.4 Å². The summed E-state index contributed by atoms with van der Waals surface area (Å²) < 4.78 is 14.0. The van der Waals surface area contributed by atoms with Gasteiger partial charge >= 0.3 is 0 Å². The van der Waals surface area contributed by atoms with E-state index < -0.39 is 71.3 Å². The largest absolute Gasteiger partial charge is 0.355 e. The molecule has 2 aromatic carbocycles. The summed E-state index contributed by atoms with van der Waals surface area (Å²) in [5.74, 6) is -5.12. The van der Waals surface area contributed by atoms with E-state index in [0.717, 1.165) is 17.7 Å². The molecule has 0 radical (unpaired) electrons. The maximum Gasteiger partial charge on any atom is 0.252 e. The predicted molar refractivity (Wildman–Crippen MR) is 169 cm³/mol. The summed E-state index contributed by atoms with van der Waals surface area (Å²) in [7, 11) is 1.43. The molecular formula is C33H40FN7O6. The molecule has 4 atom stereocenters. The molecule has 0 bridgehead atoms. The fourth-order valence-electron chi connectivity index (χ4n) is 4.95. The summed E-state index contributed by atoms with van der Waals surface area (Å²) >= 11 is 0. The second-order valence-corrected chi connectivity index (χ2v) is 11.8. The predicted octanol–water partition coefficient (Wildman–Crippen LogP) is 0.537. The van der Waals surface area contributed by atoms with Crippen molar-refractivity contribution in [3.8, 4) is 6.07 Å². The molecule has 13 nitrogen and oxygen atoms in total. The van der Waals surface area contributed by atoms with Crippen molar-refractivity contribution < 1.29 is 33.2 Å². The highest BCUT2D eigenvalue weighted by Gasteiger charge is 2.32. The summed E-state index contributed by atoms with van der Waals surface area (Å²) in [6.45, 7) is 4.57. The van der Waals surface area contributed by atoms with Crippen LogP contribution in [0.25, 0.3) is 0 Å². The van der Waals surface area contributed by atoms with Crippen molar-refractivity contribution in [1.29, 1.82) is 5.26 Å². The molecule has 0 aromatic heterocycles. The number of halogens is 1. The lowest BCUT2D eigenvalue weighted by molar-refractivity contribution is -0.139. The average molecular weight is 650 g/mol. The number of likely N-dealkylation sites (N-methyl/N-ethyl adjacent to an activating group) is 1. The van der Waals surface area contributed by atoms with Crippen molar-refractivity contribution in [2.45, 2.75) is 64.2 Å². The summed E-state index contributed by atoms with van der Waals surface area (Å²) in [6.07, 6.45) is 0.358. The fourth-order valence-corrected chi connectivity index (χ4v) is 4.95. The van der Waals surface area contributed by atoms with Crippen LogP contribution in [-0.4, -0.2) is 84.6 Å². The molecule has 1 saturated heterocycles. The number of nitriles is 1. The smallest absolute Gasteiger partial charge is 0.252 e. The number of carbonyl (C=O) groups excluding carboxylic acids is 6. The van der Waals surface area contributed by atoms with Crippen LogP contribution in [0.1, 0.15) is 55.1 Å². The van der Waals surface area contributed by atoms with Crippen molar-refractivity contribution in [1.82, 2.24) is 31.5 Å². The lowest BCUT2D eigenvalue weighted by atomic mass is 10.0. The number of nitrogens with zero attached hydrogens (tertiary/aromatic N) is 2. The molecule has 1 fully saturated rings. The standard InChI is InChI=1S/C33H40FN7O6/c1-19(2)28-32(46)37-20(3)29(43)39-26(15-21-9-6-5-7-10-21)33(47)41(4)18-27(42)36-12-8-11-25(31(45)40-28)38-30(44)23-13-22(17-35)14-24(34)16-23/h5-7,9-10,13-14,16,19-20,25-26,28H,8,11-12,15,18H2,1-4H3,(H,36,42)(H,37,46)(H,38,44)(H,39,43)(H,40,45)/t20-,25+,26+,28-/m1/s1. The maximum atomic E-state index is 14.0. The summed E-state index contributed by atoms with van der Waals surface area (Å²) in [5.41, 5.74) is 0.505. The van der Waals surface area contributed by atoms with E-state index in [9.17, 15) is 33.2 Å². The van der Waals surface area contributed by atoms with Gasteiger partial charge in [0.05, 0.1) is 18.2 Å². The monoisotopic (exact) mass is 649 g/mol. The number of rotatable bonds is 5. The first-order valence-electron chi connectivity index (χ1n) is 15.3. The van der Waals surface area contributed by atoms with E-state index in [4.69, 9.17) is 5.26 Å². The average Bonchev–Trinajstić information content (AvgIpc) is 3.03. The van der Waals surface area contributed by atoms with Gasteiger partial charge in [-0.2, -0.15) is 5.26 Å². The van der Waals surface area contributed by atoms with Crippen molar-refractivity contribution >= 4 is 35.4 Å². The van der Waals surface area contributed by atoms with Crippen LogP contribution < -0.4 is 26.6 Å². The minimum Gasteiger partial charge on any atom is -0.355 e. The van der Waals surface area contributed by atoms with Gasteiger partial charge in [-0.25, -0.2) is 4.39 Å². The molecular weight excluding hydrogens is 609 g/mol. The normalized spacial score (nSPS) is 22.1. The second kappa shape index (κ2) is 16.8. The van der Waals surface area contributed by atoms with Crippen LogP contribution >= 0.6 is 0 Å². The van der Waals surface area contributed by atoms with Crippen LogP contribution in [0.3, 0.4) is 0 Å². The van der Waals surface area contributed by atoms with E-state index in [1.165, 1.54) is 24.9 Å². The Bertz CT molecular complexity index is 1530. The molecule has 6 amide bonds. The van der Waals surface area contributed by atoms with Crippen molar-refractivity contribution in [3.63, 3.8) is 0 Å². The van der Waals surface area contributed by atoms with E-state index in [1.807, 2.05) is 6.07 Å². The quantitative estimate of drug-likeness (QED) is 0.312. The molecule has 14 heteroatoms. The Morgan fingerprint density at radius 3 is 2.38 bits per heavy atom. The lowest BCUT2D eigenvalue weighted by Gasteiger charge is -2.28. The van der Waals surface area contributed by atoms with Gasteiger partial charge in [-0.15, -0.1) is 0 Å². The first kappa shape index (κ1) is 36.2. The van der Waals surface area contributed by atoms with Crippen LogP contribution in [0.5, 0.6) is 0 Å². The van der Waals surface area contributed by atoms with E-state index in [-0.39, 0.29) is 43.5 Å². The number of nitrogens with one attached hydrogen (secondary N) is 5. The molecule has 250 valence electrons. The Labute approximate surface area is 272 Å². The third-order valence-electron chi connectivity index (χ3n) is 7.56. The van der Waals surface area contributed by atoms with Gasteiger partial charge < -0.3 is 31.5 Å². The zero-order chi connectivity index (χ0) is 34.7. The highest BCUT2D eigenvalue weighted by Crippen LogP contribution is 2.12. The molecule has 1 aliphatic rings. The highest BCUT2D eigenvalue weighted by atomic mass is 19.1. The van der Waals surface area contributed by atoms with E-state index in [2.05, 4.69) is 26.6 Å². The third kappa shape index (κ3) is 10.6. The molecule has 0 aliphatic carbocycles. The van der Waals surface area contributed by atoms with Gasteiger partial charge in [0.25, 0.3) is 5.91 Å². The Hall–Kier alpha value is -5.32. The minimum atomic E-state index is -1.22. The van der Waals surface area contributed by atoms with Crippen LogP contribution in [0, 0.1) is 23.1 Å². The first-order chi connectivity index (χ1) is 22.3. The van der Waals surface area contributed by atoms with Gasteiger partial charge in [-0.1, -0.05) is 44.2 Å². The minimum absolute atomic E-state index is 0.0113. The summed E-state index contributed by atoms with van der Waals surface area (Å²) in [5, 5.41) is 22.3. The van der Waals surface area contributed by atoms with Crippen molar-refractivity contribution in [3.05, 3.63) is 71.0 Å². The number of carbonyl (C=O) groups is 6. The fraction of sp³-hybridized carbons (Fsp3) is 0.424. The molecule has 1 aliphatic heterocycles. The van der Waals surface area contributed by atoms with Crippen LogP contribution in [0.4, 0.5) is 4.39 Å². The Balaban J connectivity index is 1.87. The van der Waals surface area contributed by atoms with Crippen LogP contribution in [0.15, 0.2) is 48.5 Å². The van der Waals surface area contributed by atoms with Gasteiger partial charge in [0.1, 0.15) is 30.0 Å². The van der Waals surface area contributed by atoms with E-state index >= 15 is 0 Å². The highest BCUT2D eigenvalue weighted by molar-refractivity contribution is 5.99. The third-order valence-corrected chi connectivity index (χ3v) is 7.56. The lowest BCUT2D eigenvalue weighted by Crippen LogP contribution is -2.59. The van der Waals surface area contributed by atoms with Crippen LogP contribution in [0.2, 0.25) is 0 Å². The maximum absolute atomic E-state index is 14.0. The zero-order valence-electron chi connectivity index (χ0n) is 26.8. The Morgan fingerprint density at radius 1 is 1.02 bits per heavy atom. The SMILES string of the molecule is CC(C)[C@H]1NC(=O)[C@@H](NC(=O)c2cc(F)cc(C#N)c2)CCCNC(=O)CN(C)C(=O)[C@H](Cc2ccccc2)NC(=O)[C@@H](C)NC1=O. The molecule has 47 heavy (non-hydrogen) atoms. The number of hydrogen-bond donors (Lipinski definition) is 5. The van der Waals surface area contributed by atoms with Gasteiger partial charge in [-0.3, -0.25) is 28.8 Å². The number of amides is 6. The topological polar surface area (TPSA) is 190 Å². The number of hydrogen-bond acceptors (Lipinski definition) is 7. The van der Waals surface area contributed by atoms with E-state index in [1.54, 1.807) is 44.2 Å². The van der Waals surface area contributed by atoms with Crippen molar-refractivity contribution in [2.24, 2.45) is 5.92 Å². The van der Waals surface area contributed by atoms with Crippen LogP contribution in [-0.2, 0) is 30.4 Å². The molecule has 0 spiro atoms. The van der Waals surface area contributed by atoms with Gasteiger partial charge in [0, 0.05) is 25.6 Å². The second-order valence-electron chi connectivity index (χ2n) is 11.8. The summed E-state index contributed by atoms with van der Waals surface area (Å²) in [4.78, 5) is 80.4. The molecule has 3 rings (SSSR count). The van der Waals surface area contributed by atoms with E-state index in [0.29, 0.717) is 0 Å². The summed E-state index contributed by atoms with van der Waals surface area (Å²) in [6, 6.07) is 9.36. The first-order valence-corrected chi connectivity index (χ1v) is 15.3. The molecule has 0 saturated carbocycles. The molecule has 5 N–H and O–H groups in total. The van der Waals surface area contributed by atoms with Crippen molar-refractivity contribution in [2.75, 3.05) is 20.1 Å². The number of benzene rings is 2. The molecule has 0 unspecified atom stereocenters. The molecule has 2 aromatic rings. The zero-order valence-corrected chi connectivity index (χ0v) is 26.8. The molecule has 1 heterocycles. The van der Waals surface area contributed by atoms with Gasteiger partial charge in [0.2, 0.25) is 29.5 Å². The van der Waals surface area contributed by atoms with Gasteiger partial charge in [0.15, 0.2) is 0 Å². The Morgan fingerprint density at radius 2 is 1.72 bits per heavy atom. The Kier molecular flexibility index (Phi) is 12.9.